The lowest BCUT2D eigenvalue weighted by Gasteiger charge is -2.14. The highest BCUT2D eigenvalue weighted by molar-refractivity contribution is 6.39. The van der Waals surface area contributed by atoms with Crippen LogP contribution in [-0.2, 0) is 6.42 Å². The fourth-order valence-electron chi connectivity index (χ4n) is 2.49. The van der Waals surface area contributed by atoms with E-state index in [1.165, 1.54) is 12.1 Å². The van der Waals surface area contributed by atoms with Gasteiger partial charge in [-0.2, -0.15) is 0 Å². The molecule has 24 heavy (non-hydrogen) atoms. The topological polar surface area (TPSA) is 60.9 Å². The van der Waals surface area contributed by atoms with Crippen LogP contribution in [0.25, 0.3) is 16.6 Å². The molecule has 0 aliphatic rings. The van der Waals surface area contributed by atoms with Gasteiger partial charge in [0.2, 0.25) is 0 Å². The van der Waals surface area contributed by atoms with Crippen LogP contribution in [0.15, 0.2) is 35.1 Å². The van der Waals surface area contributed by atoms with Gasteiger partial charge in [-0.1, -0.05) is 23.2 Å². The molecule has 0 radical (unpaired) electrons. The van der Waals surface area contributed by atoms with E-state index in [9.17, 15) is 13.6 Å². The molecular weight excluding hydrogens is 359 g/mol. The lowest BCUT2D eigenvalue weighted by atomic mass is 10.2. The van der Waals surface area contributed by atoms with Crippen LogP contribution in [0.4, 0.5) is 8.78 Å². The fourth-order valence-corrected chi connectivity index (χ4v) is 2.93. The van der Waals surface area contributed by atoms with Crippen molar-refractivity contribution in [2.24, 2.45) is 5.73 Å². The first-order valence-electron chi connectivity index (χ1n) is 6.98. The summed E-state index contributed by atoms with van der Waals surface area (Å²) in [6.07, 6.45) is 0.214. The van der Waals surface area contributed by atoms with Gasteiger partial charge in [0.25, 0.3) is 5.56 Å². The predicted molar refractivity (Wildman–Crippen MR) is 90.0 cm³/mol. The van der Waals surface area contributed by atoms with Gasteiger partial charge in [0.05, 0.1) is 26.6 Å². The van der Waals surface area contributed by atoms with Crippen LogP contribution >= 0.6 is 23.2 Å². The van der Waals surface area contributed by atoms with Crippen molar-refractivity contribution < 1.29 is 8.78 Å². The first-order valence-corrected chi connectivity index (χ1v) is 7.74. The molecule has 3 rings (SSSR count). The summed E-state index contributed by atoms with van der Waals surface area (Å²) >= 11 is 12.2. The van der Waals surface area contributed by atoms with Crippen molar-refractivity contribution in [3.63, 3.8) is 0 Å². The van der Waals surface area contributed by atoms with Crippen molar-refractivity contribution in [3.05, 3.63) is 68.2 Å². The zero-order valence-corrected chi connectivity index (χ0v) is 13.7. The van der Waals surface area contributed by atoms with E-state index in [1.54, 1.807) is 0 Å². The maximum atomic E-state index is 13.6. The predicted octanol–water partition coefficient (Wildman–Crippen LogP) is 3.47. The molecular formula is C16H11Cl2F2N3O. The fraction of sp³-hybridized carbons (Fsp3) is 0.125. The molecule has 0 aliphatic heterocycles. The zero-order valence-electron chi connectivity index (χ0n) is 12.2. The number of aromatic nitrogens is 2. The van der Waals surface area contributed by atoms with Crippen molar-refractivity contribution in [1.82, 2.24) is 9.55 Å². The van der Waals surface area contributed by atoms with Gasteiger partial charge in [-0.25, -0.2) is 13.8 Å². The van der Waals surface area contributed by atoms with Crippen LogP contribution in [0.2, 0.25) is 10.0 Å². The number of nitrogens with zero attached hydrogens (tertiary/aromatic N) is 2. The van der Waals surface area contributed by atoms with E-state index in [0.717, 1.165) is 22.8 Å². The van der Waals surface area contributed by atoms with Crippen LogP contribution in [0, 0.1) is 11.6 Å². The lowest BCUT2D eigenvalue weighted by Crippen LogP contribution is -2.26. The Labute approximate surface area is 145 Å². The van der Waals surface area contributed by atoms with E-state index in [2.05, 4.69) is 4.98 Å². The van der Waals surface area contributed by atoms with Crippen LogP contribution in [0.1, 0.15) is 5.82 Å². The molecule has 0 saturated carbocycles. The van der Waals surface area contributed by atoms with E-state index in [0.29, 0.717) is 0 Å². The van der Waals surface area contributed by atoms with Crippen LogP contribution < -0.4 is 11.3 Å². The smallest absolute Gasteiger partial charge is 0.267 e. The molecule has 0 aliphatic carbocycles. The van der Waals surface area contributed by atoms with E-state index >= 15 is 0 Å². The standard InChI is InChI=1S/C16H11Cl2F2N3O/c17-11-1-2-12(18)15-14(11)16(24)23(13(22-15)3-4-21)10-6-8(19)5-9(20)7-10/h1-2,5-7H,3-4,21H2. The molecule has 0 fully saturated rings. The summed E-state index contributed by atoms with van der Waals surface area (Å²) in [5.41, 5.74) is 5.23. The van der Waals surface area contributed by atoms with Gasteiger partial charge in [0.1, 0.15) is 17.5 Å². The van der Waals surface area contributed by atoms with Gasteiger partial charge in [-0.05, 0) is 30.8 Å². The second kappa shape index (κ2) is 6.47. The number of hydrogen-bond acceptors (Lipinski definition) is 3. The number of halogens is 4. The normalized spacial score (nSPS) is 11.2. The minimum Gasteiger partial charge on any atom is -0.330 e. The van der Waals surface area contributed by atoms with Crippen LogP contribution in [0.5, 0.6) is 0 Å². The SMILES string of the molecule is NCCc1nc2c(Cl)ccc(Cl)c2c(=O)n1-c1cc(F)cc(F)c1. The molecule has 2 aromatic carbocycles. The number of benzene rings is 2. The Balaban J connectivity index is 2.45. The Hall–Kier alpha value is -2.02. The first kappa shape index (κ1) is 16.8. The molecule has 124 valence electrons. The Morgan fingerprint density at radius 2 is 1.71 bits per heavy atom. The summed E-state index contributed by atoms with van der Waals surface area (Å²) in [4.78, 5) is 17.3. The molecule has 0 amide bonds. The summed E-state index contributed by atoms with van der Waals surface area (Å²) in [6, 6.07) is 5.79. The second-order valence-electron chi connectivity index (χ2n) is 5.09. The second-order valence-corrected chi connectivity index (χ2v) is 5.90. The highest BCUT2D eigenvalue weighted by Crippen LogP contribution is 2.27. The highest BCUT2D eigenvalue weighted by Gasteiger charge is 2.17. The minimum atomic E-state index is -0.812. The molecule has 2 N–H and O–H groups in total. The van der Waals surface area contributed by atoms with Crippen molar-refractivity contribution in [1.29, 1.82) is 0 Å². The highest BCUT2D eigenvalue weighted by atomic mass is 35.5. The number of nitrogens with two attached hydrogens (primary N) is 1. The molecule has 1 aromatic heterocycles. The molecule has 0 bridgehead atoms. The minimum absolute atomic E-state index is 0.00592. The summed E-state index contributed by atoms with van der Waals surface area (Å²) in [7, 11) is 0. The first-order chi connectivity index (χ1) is 11.4. The Kier molecular flexibility index (Phi) is 4.54. The van der Waals surface area contributed by atoms with Gasteiger partial charge in [-0.15, -0.1) is 0 Å². The van der Waals surface area contributed by atoms with Crippen molar-refractivity contribution >= 4 is 34.1 Å². The molecule has 3 aromatic rings. The average molecular weight is 370 g/mol. The maximum absolute atomic E-state index is 13.6. The molecule has 0 saturated heterocycles. The molecule has 0 spiro atoms. The van der Waals surface area contributed by atoms with Crippen molar-refractivity contribution in [2.75, 3.05) is 6.54 Å². The van der Waals surface area contributed by atoms with E-state index in [1.807, 2.05) is 0 Å². The average Bonchev–Trinajstić information content (AvgIpc) is 2.50. The van der Waals surface area contributed by atoms with Crippen molar-refractivity contribution in [3.8, 4) is 5.69 Å². The third-order valence-corrected chi connectivity index (χ3v) is 4.09. The Morgan fingerprint density at radius 3 is 2.33 bits per heavy atom. The van der Waals surface area contributed by atoms with E-state index < -0.39 is 17.2 Å². The molecule has 0 unspecified atom stereocenters. The van der Waals surface area contributed by atoms with E-state index in [4.69, 9.17) is 28.9 Å². The largest absolute Gasteiger partial charge is 0.330 e. The Bertz CT molecular complexity index is 985. The number of rotatable bonds is 3. The lowest BCUT2D eigenvalue weighted by molar-refractivity contribution is 0.580. The third kappa shape index (κ3) is 2.88. The van der Waals surface area contributed by atoms with Gasteiger partial charge >= 0.3 is 0 Å². The molecule has 8 heteroatoms. The summed E-state index contributed by atoms with van der Waals surface area (Å²) in [5.74, 6) is -1.38. The third-order valence-electron chi connectivity index (χ3n) is 3.47. The van der Waals surface area contributed by atoms with Crippen molar-refractivity contribution in [2.45, 2.75) is 6.42 Å². The zero-order chi connectivity index (χ0) is 17.4. The van der Waals surface area contributed by atoms with Crippen LogP contribution in [-0.4, -0.2) is 16.1 Å². The number of hydrogen-bond donors (Lipinski definition) is 1. The molecule has 0 atom stereocenters. The number of fused-ring (bicyclic) bond motifs is 1. The van der Waals surface area contributed by atoms with E-state index in [-0.39, 0.29) is 45.4 Å². The summed E-state index contributed by atoms with van der Waals surface area (Å²) in [5, 5.41) is 0.480. The summed E-state index contributed by atoms with van der Waals surface area (Å²) < 4.78 is 28.2. The maximum Gasteiger partial charge on any atom is 0.267 e. The van der Waals surface area contributed by atoms with Crippen LogP contribution in [0.3, 0.4) is 0 Å². The van der Waals surface area contributed by atoms with Gasteiger partial charge in [-0.3, -0.25) is 9.36 Å². The quantitative estimate of drug-likeness (QED) is 0.768. The Morgan fingerprint density at radius 1 is 1.08 bits per heavy atom. The summed E-state index contributed by atoms with van der Waals surface area (Å²) in [6.45, 7) is 0.188. The molecule has 1 heterocycles. The van der Waals surface area contributed by atoms with Gasteiger partial charge in [0.15, 0.2) is 0 Å². The monoisotopic (exact) mass is 369 g/mol. The molecule has 4 nitrogen and oxygen atoms in total. The van der Waals surface area contributed by atoms with Gasteiger partial charge in [0, 0.05) is 12.5 Å². The van der Waals surface area contributed by atoms with Gasteiger partial charge < -0.3 is 5.73 Å².